The number of likely N-dealkylation sites (tertiary alicyclic amines) is 1. The monoisotopic (exact) mass is 373 g/mol. The van der Waals surface area contributed by atoms with Crippen molar-refractivity contribution in [1.82, 2.24) is 19.9 Å². The van der Waals surface area contributed by atoms with Crippen LogP contribution in [0.1, 0.15) is 18.4 Å². The fourth-order valence-electron chi connectivity index (χ4n) is 3.96. The summed E-state index contributed by atoms with van der Waals surface area (Å²) in [4.78, 5) is 16.9. The summed E-state index contributed by atoms with van der Waals surface area (Å²) >= 11 is 0. The normalized spacial score (nSPS) is 16.8. The number of aromatic nitrogens is 3. The molecule has 4 rings (SSSR count). The van der Waals surface area contributed by atoms with Gasteiger partial charge < -0.3 is 9.83 Å². The highest BCUT2D eigenvalue weighted by Crippen LogP contribution is 2.35. The Morgan fingerprint density at radius 3 is 2.74 bits per heavy atom. The molecule has 1 fully saturated rings. The van der Waals surface area contributed by atoms with Crippen LogP contribution in [0.15, 0.2) is 24.5 Å². The van der Waals surface area contributed by atoms with E-state index in [1.54, 1.807) is 12.4 Å². The molecule has 0 aromatic carbocycles. The maximum absolute atomic E-state index is 12.6. The molecule has 8 heteroatoms. The molecule has 0 bridgehead atoms. The van der Waals surface area contributed by atoms with Gasteiger partial charge in [-0.3, -0.25) is 4.90 Å². The van der Waals surface area contributed by atoms with Crippen LogP contribution in [0.5, 0.6) is 0 Å². The van der Waals surface area contributed by atoms with Crippen LogP contribution in [0.25, 0.3) is 26.8 Å². The molecule has 0 unspecified atom stereocenters. The van der Waals surface area contributed by atoms with Gasteiger partial charge in [0.15, 0.2) is 0 Å². The Kier molecular flexibility index (Phi) is 4.48. The topological polar surface area (TPSA) is 49.2 Å². The molecule has 1 aliphatic rings. The van der Waals surface area contributed by atoms with E-state index in [4.69, 9.17) is 6.57 Å². The van der Waals surface area contributed by atoms with Gasteiger partial charge in [0.1, 0.15) is 11.8 Å². The molecular weight excluding hydrogens is 355 g/mol. The van der Waals surface area contributed by atoms with Crippen LogP contribution >= 0.6 is 0 Å². The molecular formula is C19H18F3N5. The van der Waals surface area contributed by atoms with Crippen molar-refractivity contribution in [2.45, 2.75) is 25.4 Å². The summed E-state index contributed by atoms with van der Waals surface area (Å²) in [5, 5.41) is 1.90. The second kappa shape index (κ2) is 6.82. The maximum atomic E-state index is 12.6. The Morgan fingerprint density at radius 1 is 1.26 bits per heavy atom. The minimum absolute atomic E-state index is 0.240. The first-order valence-corrected chi connectivity index (χ1v) is 8.85. The number of piperidine rings is 1. The summed E-state index contributed by atoms with van der Waals surface area (Å²) in [6.07, 6.45) is 1.21. The first kappa shape index (κ1) is 17.7. The quantitative estimate of drug-likeness (QED) is 0.689. The number of halogens is 3. The third kappa shape index (κ3) is 3.60. The van der Waals surface area contributed by atoms with Crippen LogP contribution in [-0.4, -0.2) is 45.7 Å². The summed E-state index contributed by atoms with van der Waals surface area (Å²) in [6, 6.07) is 3.82. The maximum Gasteiger partial charge on any atom is 0.401 e. The Morgan fingerprint density at radius 2 is 2.04 bits per heavy atom. The number of nitrogens with zero attached hydrogens (tertiary/aromatic N) is 4. The molecule has 0 radical (unpaired) electrons. The van der Waals surface area contributed by atoms with E-state index in [1.165, 1.54) is 4.90 Å². The Hall–Kier alpha value is -2.66. The van der Waals surface area contributed by atoms with Gasteiger partial charge in [0.25, 0.3) is 5.82 Å². The second-order valence-electron chi connectivity index (χ2n) is 7.02. The van der Waals surface area contributed by atoms with Gasteiger partial charge in [-0.15, -0.1) is 4.98 Å². The molecule has 3 aromatic heterocycles. The molecule has 0 atom stereocenters. The predicted molar refractivity (Wildman–Crippen MR) is 96.6 cm³/mol. The van der Waals surface area contributed by atoms with Crippen molar-refractivity contribution in [3.05, 3.63) is 41.5 Å². The van der Waals surface area contributed by atoms with Crippen LogP contribution < -0.4 is 0 Å². The van der Waals surface area contributed by atoms with Crippen LogP contribution in [0.3, 0.4) is 0 Å². The predicted octanol–water partition coefficient (Wildman–Crippen LogP) is 4.48. The Bertz CT molecular complexity index is 1010. The molecule has 3 aromatic rings. The summed E-state index contributed by atoms with van der Waals surface area (Å²) in [6.45, 7) is 7.48. The molecule has 0 saturated carbocycles. The molecule has 140 valence electrons. The van der Waals surface area contributed by atoms with Crippen molar-refractivity contribution in [2.75, 3.05) is 19.6 Å². The number of alkyl halides is 3. The summed E-state index contributed by atoms with van der Waals surface area (Å²) in [5.41, 5.74) is 2.45. The third-order valence-corrected chi connectivity index (χ3v) is 5.20. The van der Waals surface area contributed by atoms with Gasteiger partial charge in [-0.2, -0.15) is 13.2 Å². The number of pyridine rings is 2. The number of nitrogens with one attached hydrogen (secondary N) is 1. The third-order valence-electron chi connectivity index (χ3n) is 5.20. The number of hydrogen-bond donors (Lipinski definition) is 1. The van der Waals surface area contributed by atoms with Crippen molar-refractivity contribution in [3.63, 3.8) is 0 Å². The van der Waals surface area contributed by atoms with E-state index < -0.39 is 12.7 Å². The zero-order valence-corrected chi connectivity index (χ0v) is 14.6. The molecule has 27 heavy (non-hydrogen) atoms. The fourth-order valence-corrected chi connectivity index (χ4v) is 3.96. The van der Waals surface area contributed by atoms with Crippen LogP contribution in [0, 0.1) is 12.5 Å². The summed E-state index contributed by atoms with van der Waals surface area (Å²) in [5.74, 6) is 0.606. The van der Waals surface area contributed by atoms with Gasteiger partial charge in [0.2, 0.25) is 0 Å². The molecule has 1 N–H and O–H groups in total. The van der Waals surface area contributed by atoms with Crippen molar-refractivity contribution < 1.29 is 13.2 Å². The average Bonchev–Trinajstić information content (AvgIpc) is 3.01. The average molecular weight is 373 g/mol. The smallest absolute Gasteiger partial charge is 0.360 e. The van der Waals surface area contributed by atoms with E-state index in [-0.39, 0.29) is 5.92 Å². The minimum Gasteiger partial charge on any atom is -0.360 e. The highest BCUT2D eigenvalue weighted by atomic mass is 19.4. The lowest BCUT2D eigenvalue weighted by Gasteiger charge is -2.32. The largest absolute Gasteiger partial charge is 0.401 e. The molecule has 5 nitrogen and oxygen atoms in total. The van der Waals surface area contributed by atoms with E-state index >= 15 is 0 Å². The van der Waals surface area contributed by atoms with Crippen molar-refractivity contribution in [3.8, 4) is 0 Å². The van der Waals surface area contributed by atoms with Crippen molar-refractivity contribution >= 4 is 27.8 Å². The molecule has 4 heterocycles. The zero-order valence-electron chi connectivity index (χ0n) is 14.6. The van der Waals surface area contributed by atoms with Gasteiger partial charge in [0.05, 0.1) is 12.1 Å². The second-order valence-corrected chi connectivity index (χ2v) is 7.02. The number of rotatable bonds is 3. The molecule has 1 saturated heterocycles. The van der Waals surface area contributed by atoms with Crippen LogP contribution in [0.2, 0.25) is 0 Å². The van der Waals surface area contributed by atoms with Gasteiger partial charge >= 0.3 is 6.18 Å². The highest BCUT2D eigenvalue weighted by molar-refractivity contribution is 6.08. The van der Waals surface area contributed by atoms with Crippen LogP contribution in [-0.2, 0) is 6.42 Å². The summed E-state index contributed by atoms with van der Waals surface area (Å²) in [7, 11) is 0. The SMILES string of the molecule is [C-]#[N+]c1ncc2[nH]c3ncccc3c2c1CC1CCN(CC(F)(F)F)CC1. The molecule has 0 amide bonds. The van der Waals surface area contributed by atoms with Crippen LogP contribution in [0.4, 0.5) is 19.0 Å². The van der Waals surface area contributed by atoms with Gasteiger partial charge in [0, 0.05) is 17.0 Å². The lowest BCUT2D eigenvalue weighted by atomic mass is 9.89. The van der Waals surface area contributed by atoms with Gasteiger partial charge in [-0.1, -0.05) is 6.57 Å². The number of fused-ring (bicyclic) bond motifs is 3. The fraction of sp³-hybridized carbons (Fsp3) is 0.421. The first-order chi connectivity index (χ1) is 12.9. The highest BCUT2D eigenvalue weighted by Gasteiger charge is 2.32. The number of aromatic amines is 1. The van der Waals surface area contributed by atoms with E-state index in [9.17, 15) is 13.2 Å². The molecule has 1 aliphatic heterocycles. The summed E-state index contributed by atoms with van der Waals surface area (Å²) < 4.78 is 37.7. The molecule has 0 aliphatic carbocycles. The van der Waals surface area contributed by atoms with Crippen molar-refractivity contribution in [1.29, 1.82) is 0 Å². The van der Waals surface area contributed by atoms with Crippen molar-refractivity contribution in [2.24, 2.45) is 5.92 Å². The van der Waals surface area contributed by atoms with E-state index in [2.05, 4.69) is 19.8 Å². The van der Waals surface area contributed by atoms with E-state index in [0.717, 1.165) is 27.5 Å². The van der Waals surface area contributed by atoms with E-state index in [1.807, 2.05) is 12.1 Å². The van der Waals surface area contributed by atoms with Gasteiger partial charge in [-0.25, -0.2) is 4.98 Å². The zero-order chi connectivity index (χ0) is 19.0. The Balaban J connectivity index is 1.62. The lowest BCUT2D eigenvalue weighted by molar-refractivity contribution is -0.148. The van der Waals surface area contributed by atoms with Gasteiger partial charge in [-0.05, 0) is 56.0 Å². The number of H-pyrrole nitrogens is 1. The lowest BCUT2D eigenvalue weighted by Crippen LogP contribution is -2.40. The molecule has 0 spiro atoms. The minimum atomic E-state index is -4.16. The number of hydrogen-bond acceptors (Lipinski definition) is 3. The Labute approximate surface area is 154 Å². The van der Waals surface area contributed by atoms with E-state index in [0.29, 0.717) is 38.2 Å². The first-order valence-electron chi connectivity index (χ1n) is 8.85. The standard InChI is InChI=1S/C19H18F3N5/c1-23-17-14(9-12-4-7-27(8-5-12)11-19(20,21)22)16-13-3-2-6-24-18(13)26-15(16)10-25-17/h2-3,6,10,12H,4-5,7-9,11H2,(H,24,26).